The molecule has 1 saturated heterocycles. The molecule has 0 unspecified atom stereocenters. The van der Waals surface area contributed by atoms with E-state index in [1.807, 2.05) is 16.3 Å². The molecule has 4 atom stereocenters. The van der Waals surface area contributed by atoms with Crippen LogP contribution in [0.5, 0.6) is 0 Å². The molecule has 0 amide bonds. The monoisotopic (exact) mass is 490 g/mol. The zero-order valence-electron chi connectivity index (χ0n) is 17.8. The minimum Gasteiger partial charge on any atom is -0.389 e. The summed E-state index contributed by atoms with van der Waals surface area (Å²) in [5.41, 5.74) is 1.61. The molecular formula is C22H32ClFN2O5S. The first kappa shape index (κ1) is 27.1. The first-order chi connectivity index (χ1) is 14.9. The Morgan fingerprint density at radius 3 is 2.41 bits per heavy atom. The van der Waals surface area contributed by atoms with Gasteiger partial charge in [-0.25, -0.2) is 9.37 Å². The van der Waals surface area contributed by atoms with Gasteiger partial charge in [0.05, 0.1) is 24.5 Å². The van der Waals surface area contributed by atoms with E-state index in [1.54, 1.807) is 6.07 Å². The second-order valence-electron chi connectivity index (χ2n) is 8.00. The van der Waals surface area contributed by atoms with Crippen molar-refractivity contribution < 1.29 is 29.6 Å². The number of nitrogens with zero attached hydrogens (tertiary/aromatic N) is 2. The number of thiazole rings is 1. The molecule has 2 aromatic rings. The number of likely N-dealkylation sites (tertiary alicyclic amines) is 1. The lowest BCUT2D eigenvalue weighted by Gasteiger charge is -2.23. The fraction of sp³-hybridized carbons (Fsp3) is 0.591. The number of unbranched alkanes of at least 4 members (excludes halogenated alkanes) is 3. The lowest BCUT2D eigenvalue weighted by Crippen LogP contribution is -2.43. The van der Waals surface area contributed by atoms with Gasteiger partial charge in [-0.3, -0.25) is 4.90 Å². The maximum atomic E-state index is 13.3. The molecule has 1 aliphatic rings. The van der Waals surface area contributed by atoms with Crippen LogP contribution in [0.4, 0.5) is 4.39 Å². The first-order valence-electron chi connectivity index (χ1n) is 10.7. The van der Waals surface area contributed by atoms with E-state index in [0.29, 0.717) is 19.8 Å². The van der Waals surface area contributed by atoms with Gasteiger partial charge in [0.2, 0.25) is 0 Å². The molecule has 10 heteroatoms. The number of hydrogen-bond acceptors (Lipinski definition) is 8. The normalized spacial score (nSPS) is 24.2. The highest BCUT2D eigenvalue weighted by Crippen LogP contribution is 2.24. The van der Waals surface area contributed by atoms with Crippen molar-refractivity contribution in [2.24, 2.45) is 0 Å². The van der Waals surface area contributed by atoms with Gasteiger partial charge in [-0.05, 0) is 31.5 Å². The van der Waals surface area contributed by atoms with Crippen molar-refractivity contribution in [1.29, 1.82) is 0 Å². The van der Waals surface area contributed by atoms with Crippen molar-refractivity contribution >= 4 is 23.7 Å². The molecule has 0 spiro atoms. The second-order valence-corrected chi connectivity index (χ2v) is 8.85. The van der Waals surface area contributed by atoms with Crippen LogP contribution < -0.4 is 0 Å². The Bertz CT molecular complexity index is 798. The highest BCUT2D eigenvalue weighted by molar-refractivity contribution is 7.13. The Hall–Kier alpha value is -1.17. The summed E-state index contributed by atoms with van der Waals surface area (Å²) in [5, 5.41) is 42.0. The van der Waals surface area contributed by atoms with Crippen LogP contribution in [-0.4, -0.2) is 81.0 Å². The van der Waals surface area contributed by atoms with E-state index < -0.39 is 24.4 Å². The molecule has 4 N–H and O–H groups in total. The van der Waals surface area contributed by atoms with Gasteiger partial charge in [0.15, 0.2) is 0 Å². The molecule has 0 saturated carbocycles. The Morgan fingerprint density at radius 2 is 1.72 bits per heavy atom. The van der Waals surface area contributed by atoms with Crippen molar-refractivity contribution in [2.75, 3.05) is 26.2 Å². The van der Waals surface area contributed by atoms with Crippen molar-refractivity contribution in [3.8, 4) is 10.6 Å². The zero-order valence-corrected chi connectivity index (χ0v) is 19.5. The van der Waals surface area contributed by atoms with E-state index >= 15 is 0 Å². The summed E-state index contributed by atoms with van der Waals surface area (Å²) in [6.07, 6.45) is -0.967. The minimum atomic E-state index is -1.32. The Kier molecular flexibility index (Phi) is 11.4. The molecule has 3 rings (SSSR count). The number of aromatic nitrogens is 1. The van der Waals surface area contributed by atoms with E-state index in [0.717, 1.165) is 41.9 Å². The summed E-state index contributed by atoms with van der Waals surface area (Å²) in [7, 11) is 0. The third-order valence-corrected chi connectivity index (χ3v) is 6.36. The molecule has 0 bridgehead atoms. The van der Waals surface area contributed by atoms with Crippen LogP contribution in [0.1, 0.15) is 31.4 Å². The summed E-state index contributed by atoms with van der Waals surface area (Å²) < 4.78 is 19.0. The lowest BCUT2D eigenvalue weighted by atomic mass is 10.1. The van der Waals surface area contributed by atoms with E-state index in [9.17, 15) is 24.8 Å². The van der Waals surface area contributed by atoms with Gasteiger partial charge < -0.3 is 25.2 Å². The number of halogens is 2. The van der Waals surface area contributed by atoms with Crippen molar-refractivity contribution in [2.45, 2.75) is 56.7 Å². The fourth-order valence-electron chi connectivity index (χ4n) is 3.65. The van der Waals surface area contributed by atoms with E-state index in [4.69, 9.17) is 4.74 Å². The molecule has 1 aliphatic heterocycles. The van der Waals surface area contributed by atoms with Gasteiger partial charge >= 0.3 is 0 Å². The van der Waals surface area contributed by atoms with Gasteiger partial charge in [-0.2, -0.15) is 0 Å². The molecule has 32 heavy (non-hydrogen) atoms. The van der Waals surface area contributed by atoms with Crippen molar-refractivity contribution in [3.05, 3.63) is 41.2 Å². The lowest BCUT2D eigenvalue weighted by molar-refractivity contribution is -0.0894. The number of benzene rings is 1. The number of aliphatic hydroxyl groups is 4. The van der Waals surface area contributed by atoms with Gasteiger partial charge in [0, 0.05) is 30.6 Å². The van der Waals surface area contributed by atoms with Crippen molar-refractivity contribution in [1.82, 2.24) is 9.88 Å². The molecule has 1 fully saturated rings. The highest BCUT2D eigenvalue weighted by Gasteiger charge is 2.35. The largest absolute Gasteiger partial charge is 0.389 e. The van der Waals surface area contributed by atoms with Crippen LogP contribution in [0, 0.1) is 5.82 Å². The number of β-amino-alcohol motifs (C(OH)–C–C–N with tert-alkyl or cyclic N) is 2. The third kappa shape index (κ3) is 8.00. The Labute approximate surface area is 197 Å². The van der Waals surface area contributed by atoms with E-state index in [2.05, 4.69) is 4.98 Å². The van der Waals surface area contributed by atoms with E-state index in [1.165, 1.54) is 23.5 Å². The number of hydrogen-bond donors (Lipinski definition) is 4. The maximum Gasteiger partial charge on any atom is 0.123 e. The minimum absolute atomic E-state index is 0. The number of rotatable bonds is 10. The molecule has 1 aromatic heterocycles. The quantitative estimate of drug-likeness (QED) is 0.378. The van der Waals surface area contributed by atoms with Crippen LogP contribution >= 0.6 is 23.7 Å². The Balaban J connectivity index is 0.00000363. The topological polar surface area (TPSA) is 106 Å². The molecule has 2 heterocycles. The molecule has 7 nitrogen and oxygen atoms in total. The van der Waals surface area contributed by atoms with Crippen LogP contribution in [0.2, 0.25) is 0 Å². The van der Waals surface area contributed by atoms with Crippen molar-refractivity contribution in [3.63, 3.8) is 0 Å². The average Bonchev–Trinajstić information content (AvgIpc) is 3.20. The van der Waals surface area contributed by atoms with E-state index in [-0.39, 0.29) is 31.3 Å². The molecule has 1 aromatic carbocycles. The second kappa shape index (κ2) is 13.5. The standard InChI is InChI=1S/C22H31FN2O5S.ClH/c23-16-7-5-6-15(10-16)22-24-17(14-31-22)13-30-9-4-2-1-3-8-25-11-18(26)20(28)21(29)19(27)12-25;/h5-7,10,14,18-21,26-29H,1-4,8-9,11-13H2;1H/t18-,19-,20+,21+;/m0./s1. The summed E-state index contributed by atoms with van der Waals surface area (Å²) in [6, 6.07) is 6.40. The molecule has 180 valence electrons. The smallest absolute Gasteiger partial charge is 0.123 e. The van der Waals surface area contributed by atoms with Gasteiger partial charge in [-0.15, -0.1) is 23.7 Å². The van der Waals surface area contributed by atoms with Crippen LogP contribution in [0.3, 0.4) is 0 Å². The third-order valence-electron chi connectivity index (χ3n) is 5.42. The molecule has 0 radical (unpaired) electrons. The zero-order chi connectivity index (χ0) is 22.2. The summed E-state index contributed by atoms with van der Waals surface area (Å²) in [5.74, 6) is -0.274. The predicted octanol–water partition coefficient (Wildman–Crippen LogP) is 2.21. The number of aliphatic hydroxyl groups excluding tert-OH is 4. The van der Waals surface area contributed by atoms with Crippen LogP contribution in [0.15, 0.2) is 29.6 Å². The molecule has 0 aliphatic carbocycles. The maximum absolute atomic E-state index is 13.3. The first-order valence-corrected chi connectivity index (χ1v) is 11.5. The SMILES string of the molecule is Cl.O[C@H]1[C@H](O)[C@@H](O)CN(CCCCCCOCc2csc(-c3cccc(F)c3)n2)C[C@@H]1O. The van der Waals surface area contributed by atoms with Gasteiger partial charge in [-0.1, -0.05) is 25.0 Å². The summed E-state index contributed by atoms with van der Waals surface area (Å²) >= 11 is 1.47. The highest BCUT2D eigenvalue weighted by atomic mass is 35.5. The van der Waals surface area contributed by atoms with Gasteiger partial charge in [0.1, 0.15) is 23.0 Å². The average molecular weight is 491 g/mol. The summed E-state index contributed by atoms with van der Waals surface area (Å²) in [6.45, 7) is 2.23. The van der Waals surface area contributed by atoms with Crippen LogP contribution in [0.25, 0.3) is 10.6 Å². The summed E-state index contributed by atoms with van der Waals surface area (Å²) in [4.78, 5) is 6.37. The number of ether oxygens (including phenoxy) is 1. The van der Waals surface area contributed by atoms with Gasteiger partial charge in [0.25, 0.3) is 0 Å². The van der Waals surface area contributed by atoms with Crippen LogP contribution in [-0.2, 0) is 11.3 Å². The molecular weight excluding hydrogens is 459 g/mol. The predicted molar refractivity (Wildman–Crippen MR) is 123 cm³/mol. The fourth-order valence-corrected chi connectivity index (χ4v) is 4.46. The Morgan fingerprint density at radius 1 is 1.03 bits per heavy atom.